The number of nitro benzene ring substituents is 1. The van der Waals surface area contributed by atoms with Crippen molar-refractivity contribution in [3.05, 3.63) is 76.5 Å². The van der Waals surface area contributed by atoms with E-state index in [0.717, 1.165) is 54.3 Å². The lowest BCUT2D eigenvalue weighted by molar-refractivity contribution is -0.384. The van der Waals surface area contributed by atoms with Crippen LogP contribution in [0.2, 0.25) is 0 Å². The lowest BCUT2D eigenvalue weighted by Gasteiger charge is -2.32. The summed E-state index contributed by atoms with van der Waals surface area (Å²) in [5.41, 5.74) is 4.32. The summed E-state index contributed by atoms with van der Waals surface area (Å²) in [7, 11) is 2.13. The van der Waals surface area contributed by atoms with Gasteiger partial charge >= 0.3 is 0 Å². The number of non-ortho nitro benzene ring substituents is 1. The van der Waals surface area contributed by atoms with Crippen molar-refractivity contribution in [3.63, 3.8) is 0 Å². The Morgan fingerprint density at radius 2 is 1.66 bits per heavy atom. The molecule has 0 bridgehead atoms. The van der Waals surface area contributed by atoms with Gasteiger partial charge in [-0.25, -0.2) is 0 Å². The Morgan fingerprint density at radius 3 is 2.38 bits per heavy atom. The van der Waals surface area contributed by atoms with Crippen molar-refractivity contribution in [3.8, 4) is 22.4 Å². The van der Waals surface area contributed by atoms with Gasteiger partial charge in [-0.05, 0) is 18.7 Å². The lowest BCUT2D eigenvalue weighted by atomic mass is 10.0. The molecule has 1 aliphatic rings. The highest BCUT2D eigenvalue weighted by Gasteiger charge is 2.19. The van der Waals surface area contributed by atoms with E-state index in [0.29, 0.717) is 6.54 Å². The molecule has 7 nitrogen and oxygen atoms in total. The van der Waals surface area contributed by atoms with Crippen LogP contribution in [0.1, 0.15) is 5.69 Å². The number of rotatable bonds is 5. The molecule has 0 atom stereocenters. The minimum Gasteiger partial charge on any atom is -0.304 e. The monoisotopic (exact) mass is 389 g/mol. The molecule has 0 spiro atoms. The molecule has 0 aliphatic carbocycles. The normalized spacial score (nSPS) is 15.3. The first kappa shape index (κ1) is 19.2. The fourth-order valence-electron chi connectivity index (χ4n) is 3.54. The number of hydrogen-bond donors (Lipinski definition) is 0. The van der Waals surface area contributed by atoms with Crippen LogP contribution in [0.3, 0.4) is 0 Å². The third-order valence-corrected chi connectivity index (χ3v) is 5.28. The molecule has 1 fully saturated rings. The predicted octanol–water partition coefficient (Wildman–Crippen LogP) is 3.47. The SMILES string of the molecule is CN1CCN(Cc2nnc(-c3ccccc3)cc2-c2cccc([N+](=O)[O-])c2)CC1. The first-order valence-corrected chi connectivity index (χ1v) is 9.68. The molecular weight excluding hydrogens is 366 g/mol. The van der Waals surface area contributed by atoms with Crippen molar-refractivity contribution in [2.75, 3.05) is 33.2 Å². The van der Waals surface area contributed by atoms with Crippen molar-refractivity contribution in [1.29, 1.82) is 0 Å². The minimum atomic E-state index is -0.365. The van der Waals surface area contributed by atoms with E-state index in [1.54, 1.807) is 12.1 Å². The largest absolute Gasteiger partial charge is 0.304 e. The molecule has 1 saturated heterocycles. The quantitative estimate of drug-likeness (QED) is 0.491. The maximum atomic E-state index is 11.3. The first-order valence-electron chi connectivity index (χ1n) is 9.68. The van der Waals surface area contributed by atoms with Gasteiger partial charge in [0.2, 0.25) is 0 Å². The zero-order valence-electron chi connectivity index (χ0n) is 16.4. The number of likely N-dealkylation sites (N-methyl/N-ethyl adjacent to an activating group) is 1. The average Bonchev–Trinajstić information content (AvgIpc) is 2.76. The van der Waals surface area contributed by atoms with Crippen molar-refractivity contribution in [1.82, 2.24) is 20.0 Å². The Morgan fingerprint density at radius 1 is 0.931 bits per heavy atom. The summed E-state index contributed by atoms with van der Waals surface area (Å²) in [6.45, 7) is 4.64. The number of nitro groups is 1. The number of aromatic nitrogens is 2. The van der Waals surface area contributed by atoms with E-state index in [4.69, 9.17) is 0 Å². The number of benzene rings is 2. The Balaban J connectivity index is 1.74. The molecule has 0 saturated carbocycles. The number of piperazine rings is 1. The molecule has 0 unspecified atom stereocenters. The van der Waals surface area contributed by atoms with E-state index in [2.05, 4.69) is 27.0 Å². The van der Waals surface area contributed by atoms with Gasteiger partial charge in [0.1, 0.15) is 0 Å². The van der Waals surface area contributed by atoms with Crippen molar-refractivity contribution in [2.45, 2.75) is 6.54 Å². The average molecular weight is 389 g/mol. The summed E-state index contributed by atoms with van der Waals surface area (Å²) >= 11 is 0. The maximum Gasteiger partial charge on any atom is 0.270 e. The fourth-order valence-corrected chi connectivity index (χ4v) is 3.54. The van der Waals surface area contributed by atoms with Crippen molar-refractivity contribution >= 4 is 5.69 Å². The predicted molar refractivity (Wildman–Crippen MR) is 112 cm³/mol. The third-order valence-electron chi connectivity index (χ3n) is 5.28. The first-order chi connectivity index (χ1) is 14.1. The van der Waals surface area contributed by atoms with Crippen LogP contribution in [0, 0.1) is 10.1 Å². The summed E-state index contributed by atoms with van der Waals surface area (Å²) in [5.74, 6) is 0. The van der Waals surface area contributed by atoms with Gasteiger partial charge in [-0.15, -0.1) is 0 Å². The van der Waals surface area contributed by atoms with E-state index in [9.17, 15) is 10.1 Å². The van der Waals surface area contributed by atoms with Gasteiger partial charge in [0.15, 0.2) is 0 Å². The fraction of sp³-hybridized carbons (Fsp3) is 0.273. The van der Waals surface area contributed by atoms with E-state index >= 15 is 0 Å². The van der Waals surface area contributed by atoms with E-state index in [-0.39, 0.29) is 10.6 Å². The molecule has 7 heteroatoms. The molecule has 2 aromatic carbocycles. The molecule has 29 heavy (non-hydrogen) atoms. The zero-order valence-corrected chi connectivity index (χ0v) is 16.4. The molecule has 0 amide bonds. The second-order valence-electron chi connectivity index (χ2n) is 7.34. The van der Waals surface area contributed by atoms with Crippen LogP contribution >= 0.6 is 0 Å². The van der Waals surface area contributed by atoms with E-state index in [1.807, 2.05) is 42.5 Å². The molecule has 1 aromatic heterocycles. The summed E-state index contributed by atoms with van der Waals surface area (Å²) < 4.78 is 0. The third kappa shape index (κ3) is 4.47. The molecular formula is C22H23N5O2. The lowest BCUT2D eigenvalue weighted by Crippen LogP contribution is -2.44. The van der Waals surface area contributed by atoms with Crippen LogP contribution in [0.15, 0.2) is 60.7 Å². The smallest absolute Gasteiger partial charge is 0.270 e. The Kier molecular flexibility index (Phi) is 5.59. The molecule has 3 aromatic rings. The molecule has 4 rings (SSSR count). The highest BCUT2D eigenvalue weighted by molar-refractivity contribution is 5.73. The highest BCUT2D eigenvalue weighted by Crippen LogP contribution is 2.30. The second kappa shape index (κ2) is 8.46. The number of hydrogen-bond acceptors (Lipinski definition) is 6. The van der Waals surface area contributed by atoms with Gasteiger partial charge in [0.25, 0.3) is 5.69 Å². The molecule has 0 radical (unpaired) electrons. The molecule has 2 heterocycles. The zero-order chi connectivity index (χ0) is 20.2. The van der Waals surface area contributed by atoms with Crippen LogP contribution in [0.5, 0.6) is 0 Å². The molecule has 0 N–H and O–H groups in total. The maximum absolute atomic E-state index is 11.3. The van der Waals surface area contributed by atoms with Gasteiger partial charge in [-0.1, -0.05) is 42.5 Å². The van der Waals surface area contributed by atoms with Gasteiger partial charge in [0, 0.05) is 56.0 Å². The van der Waals surface area contributed by atoms with Crippen LogP contribution in [-0.2, 0) is 6.54 Å². The van der Waals surface area contributed by atoms with Crippen LogP contribution in [0.25, 0.3) is 22.4 Å². The van der Waals surface area contributed by atoms with Gasteiger partial charge in [-0.3, -0.25) is 15.0 Å². The standard InChI is InChI=1S/C22H23N5O2/c1-25-10-12-26(13-11-25)16-22-20(18-8-5-9-19(14-18)27(28)29)15-21(23-24-22)17-6-3-2-4-7-17/h2-9,14-15H,10-13,16H2,1H3. The van der Waals surface area contributed by atoms with Gasteiger partial charge < -0.3 is 4.90 Å². The molecule has 148 valence electrons. The van der Waals surface area contributed by atoms with Gasteiger partial charge in [-0.2, -0.15) is 10.2 Å². The topological polar surface area (TPSA) is 75.4 Å². The Bertz CT molecular complexity index is 1000. The minimum absolute atomic E-state index is 0.0751. The van der Waals surface area contributed by atoms with Crippen molar-refractivity contribution in [2.24, 2.45) is 0 Å². The summed E-state index contributed by atoms with van der Waals surface area (Å²) in [6, 6.07) is 18.6. The van der Waals surface area contributed by atoms with Crippen LogP contribution in [-0.4, -0.2) is 58.1 Å². The van der Waals surface area contributed by atoms with E-state index in [1.165, 1.54) is 6.07 Å². The van der Waals surface area contributed by atoms with Gasteiger partial charge in [0.05, 0.1) is 16.3 Å². The Hall–Kier alpha value is -3.16. The van der Waals surface area contributed by atoms with Crippen LogP contribution in [0.4, 0.5) is 5.69 Å². The molecule has 1 aliphatic heterocycles. The Labute approximate surface area is 169 Å². The van der Waals surface area contributed by atoms with Crippen molar-refractivity contribution < 1.29 is 4.92 Å². The summed E-state index contributed by atoms with van der Waals surface area (Å²) in [4.78, 5) is 15.6. The second-order valence-corrected chi connectivity index (χ2v) is 7.34. The van der Waals surface area contributed by atoms with E-state index < -0.39 is 0 Å². The highest BCUT2D eigenvalue weighted by atomic mass is 16.6. The summed E-state index contributed by atoms with van der Waals surface area (Å²) in [6.07, 6.45) is 0. The summed E-state index contributed by atoms with van der Waals surface area (Å²) in [5, 5.41) is 20.3. The van der Waals surface area contributed by atoms with Crippen LogP contribution < -0.4 is 0 Å². The number of nitrogens with zero attached hydrogens (tertiary/aromatic N) is 5.